The minimum Gasteiger partial charge on any atom is -0.441 e. The lowest BCUT2D eigenvalue weighted by Crippen LogP contribution is -2.48. The number of rotatable bonds is 2. The molecule has 2 fully saturated rings. The van der Waals surface area contributed by atoms with Gasteiger partial charge in [-0.3, -0.25) is 4.90 Å². The average Bonchev–Trinajstić information content (AvgIpc) is 2.95. The Labute approximate surface area is 150 Å². The molecule has 0 N–H and O–H groups in total. The molecular formula is C21H19F2NO2. The van der Waals surface area contributed by atoms with E-state index < -0.39 is 29.4 Å². The predicted molar refractivity (Wildman–Crippen MR) is 93.5 cm³/mol. The highest BCUT2D eigenvalue weighted by Gasteiger charge is 2.55. The maximum atomic E-state index is 14.6. The van der Waals surface area contributed by atoms with Crippen LogP contribution in [-0.2, 0) is 4.74 Å². The van der Waals surface area contributed by atoms with Crippen LogP contribution >= 0.6 is 0 Å². The lowest BCUT2D eigenvalue weighted by atomic mass is 9.72. The Balaban J connectivity index is 1.50. The fourth-order valence-corrected chi connectivity index (χ4v) is 4.71. The largest absolute Gasteiger partial charge is 0.441 e. The Morgan fingerprint density at radius 3 is 2.46 bits per heavy atom. The molecule has 26 heavy (non-hydrogen) atoms. The molecule has 1 saturated heterocycles. The molecule has 3 nitrogen and oxygen atoms in total. The van der Waals surface area contributed by atoms with Gasteiger partial charge < -0.3 is 4.74 Å². The SMILES string of the molecule is O=C1OC2(CCCCC2)CN1C1c2c(F)cc(-c3ccccc3)c1c2F. The van der Waals surface area contributed by atoms with E-state index in [1.165, 1.54) is 11.0 Å². The zero-order valence-electron chi connectivity index (χ0n) is 14.3. The molecule has 1 unspecified atom stereocenters. The Morgan fingerprint density at radius 1 is 1.04 bits per heavy atom. The third kappa shape index (κ3) is 2.12. The summed E-state index contributed by atoms with van der Waals surface area (Å²) >= 11 is 0. The number of fused-ring (bicyclic) bond motifs is 2. The summed E-state index contributed by atoms with van der Waals surface area (Å²) in [6, 6.07) is 8.50. The number of allylic oxidation sites excluding steroid dienone is 2. The van der Waals surface area contributed by atoms with E-state index in [2.05, 4.69) is 0 Å². The number of benzene rings is 1. The Bertz CT molecular complexity index is 873. The van der Waals surface area contributed by atoms with Crippen LogP contribution in [0.1, 0.15) is 37.7 Å². The first-order chi connectivity index (χ1) is 12.6. The van der Waals surface area contributed by atoms with E-state index in [9.17, 15) is 13.6 Å². The molecule has 1 aromatic rings. The molecule has 5 rings (SSSR count). The molecule has 2 bridgehead atoms. The molecule has 1 spiro atoms. The Kier molecular flexibility index (Phi) is 3.36. The second-order valence-corrected chi connectivity index (χ2v) is 7.56. The summed E-state index contributed by atoms with van der Waals surface area (Å²) < 4.78 is 35.0. The van der Waals surface area contributed by atoms with E-state index in [0.717, 1.165) is 37.7 Å². The number of amides is 1. The molecular weight excluding hydrogens is 336 g/mol. The van der Waals surface area contributed by atoms with Gasteiger partial charge in [0.2, 0.25) is 0 Å². The molecule has 4 aliphatic rings. The number of hydrogen-bond acceptors (Lipinski definition) is 2. The van der Waals surface area contributed by atoms with Crippen LogP contribution in [0, 0.1) is 0 Å². The van der Waals surface area contributed by atoms with E-state index in [1.807, 2.05) is 30.3 Å². The van der Waals surface area contributed by atoms with Crippen molar-refractivity contribution in [2.24, 2.45) is 0 Å². The summed E-state index contributed by atoms with van der Waals surface area (Å²) in [6.45, 7) is 0.409. The maximum absolute atomic E-state index is 14.6. The van der Waals surface area contributed by atoms with Crippen LogP contribution in [-0.4, -0.2) is 29.2 Å². The first-order valence-corrected chi connectivity index (χ1v) is 9.16. The van der Waals surface area contributed by atoms with Crippen LogP contribution in [0.5, 0.6) is 0 Å². The molecule has 134 valence electrons. The monoisotopic (exact) mass is 355 g/mol. The van der Waals surface area contributed by atoms with Crippen molar-refractivity contribution in [3.63, 3.8) is 0 Å². The highest BCUT2D eigenvalue weighted by atomic mass is 19.1. The van der Waals surface area contributed by atoms with Crippen LogP contribution in [0.4, 0.5) is 13.6 Å². The molecule has 0 aromatic heterocycles. The topological polar surface area (TPSA) is 29.5 Å². The standard InChI is InChI=1S/C21H19F2NO2/c22-15-11-14(13-7-3-1-4-8-13)16-18(23)17(15)19(16)24-12-21(26-20(24)25)9-5-2-6-10-21/h1,3-4,7-8,11,19H,2,5-6,9-10,12H2. The lowest BCUT2D eigenvalue weighted by molar-refractivity contribution is 0.0260. The van der Waals surface area contributed by atoms with Crippen molar-refractivity contribution in [2.45, 2.75) is 43.7 Å². The van der Waals surface area contributed by atoms with E-state index >= 15 is 0 Å². The summed E-state index contributed by atoms with van der Waals surface area (Å²) in [5, 5.41) is 0. The Morgan fingerprint density at radius 2 is 1.77 bits per heavy atom. The van der Waals surface area contributed by atoms with Gasteiger partial charge in [0.1, 0.15) is 17.3 Å². The van der Waals surface area contributed by atoms with Gasteiger partial charge in [-0.1, -0.05) is 36.8 Å². The van der Waals surface area contributed by atoms with E-state index in [-0.39, 0.29) is 5.57 Å². The lowest BCUT2D eigenvalue weighted by Gasteiger charge is -2.41. The van der Waals surface area contributed by atoms with Crippen molar-refractivity contribution in [2.75, 3.05) is 6.54 Å². The van der Waals surface area contributed by atoms with Crippen molar-refractivity contribution < 1.29 is 18.3 Å². The van der Waals surface area contributed by atoms with Crippen LogP contribution in [0.15, 0.2) is 59.2 Å². The second-order valence-electron chi connectivity index (χ2n) is 7.56. The zero-order valence-corrected chi connectivity index (χ0v) is 14.3. The number of nitrogens with zero attached hydrogens (tertiary/aromatic N) is 1. The smallest absolute Gasteiger partial charge is 0.411 e. The normalized spacial score (nSPS) is 26.8. The number of halogens is 2. The van der Waals surface area contributed by atoms with Gasteiger partial charge in [0.05, 0.1) is 18.2 Å². The first-order valence-electron chi connectivity index (χ1n) is 9.16. The minimum absolute atomic E-state index is 0.00973. The number of hydrogen-bond donors (Lipinski definition) is 0. The number of carbonyl (C=O) groups is 1. The average molecular weight is 355 g/mol. The van der Waals surface area contributed by atoms with Gasteiger partial charge in [0.15, 0.2) is 0 Å². The fourth-order valence-electron chi connectivity index (χ4n) is 4.71. The summed E-state index contributed by atoms with van der Waals surface area (Å²) in [5.41, 5.74) is 1.17. The van der Waals surface area contributed by atoms with Crippen molar-refractivity contribution in [3.8, 4) is 0 Å². The van der Waals surface area contributed by atoms with Crippen molar-refractivity contribution in [1.29, 1.82) is 0 Å². The molecule has 1 amide bonds. The van der Waals surface area contributed by atoms with E-state index in [4.69, 9.17) is 4.74 Å². The molecule has 1 heterocycles. The van der Waals surface area contributed by atoms with Gasteiger partial charge in [-0.05, 0) is 42.9 Å². The number of ether oxygens (including phenoxy) is 1. The van der Waals surface area contributed by atoms with E-state index in [0.29, 0.717) is 17.7 Å². The fraction of sp³-hybridized carbons (Fsp3) is 0.381. The molecule has 1 saturated carbocycles. The highest BCUT2D eigenvalue weighted by molar-refractivity contribution is 5.93. The van der Waals surface area contributed by atoms with Gasteiger partial charge in [-0.2, -0.15) is 0 Å². The predicted octanol–water partition coefficient (Wildman–Crippen LogP) is 5.07. The molecule has 1 atom stereocenters. The highest BCUT2D eigenvalue weighted by Crippen LogP contribution is 2.53. The van der Waals surface area contributed by atoms with Crippen LogP contribution in [0.3, 0.4) is 0 Å². The van der Waals surface area contributed by atoms with Gasteiger partial charge >= 0.3 is 6.09 Å². The Hall–Kier alpha value is -2.43. The molecule has 5 heteroatoms. The van der Waals surface area contributed by atoms with Crippen LogP contribution in [0.2, 0.25) is 0 Å². The summed E-state index contributed by atoms with van der Waals surface area (Å²) in [5.74, 6) is -1.13. The second kappa shape index (κ2) is 5.53. The van der Waals surface area contributed by atoms with Crippen molar-refractivity contribution >= 4 is 11.7 Å². The van der Waals surface area contributed by atoms with Crippen LogP contribution in [0.25, 0.3) is 5.57 Å². The third-order valence-electron chi connectivity index (χ3n) is 6.00. The van der Waals surface area contributed by atoms with Gasteiger partial charge in [0.25, 0.3) is 0 Å². The summed E-state index contributed by atoms with van der Waals surface area (Å²) in [7, 11) is 0. The zero-order chi connectivity index (χ0) is 17.9. The first kappa shape index (κ1) is 15.8. The van der Waals surface area contributed by atoms with E-state index in [1.54, 1.807) is 0 Å². The van der Waals surface area contributed by atoms with Gasteiger partial charge in [-0.15, -0.1) is 0 Å². The quantitative estimate of drug-likeness (QED) is 0.741. The maximum Gasteiger partial charge on any atom is 0.411 e. The van der Waals surface area contributed by atoms with Crippen LogP contribution < -0.4 is 0 Å². The van der Waals surface area contributed by atoms with Gasteiger partial charge in [0, 0.05) is 5.57 Å². The summed E-state index contributed by atoms with van der Waals surface area (Å²) in [4.78, 5) is 14.1. The van der Waals surface area contributed by atoms with Gasteiger partial charge in [-0.25, -0.2) is 13.6 Å². The third-order valence-corrected chi connectivity index (χ3v) is 6.00. The summed E-state index contributed by atoms with van der Waals surface area (Å²) in [6.07, 6.45) is 5.75. The molecule has 1 aromatic carbocycles. The van der Waals surface area contributed by atoms with Crippen molar-refractivity contribution in [3.05, 3.63) is 64.8 Å². The molecule has 0 radical (unpaired) electrons. The molecule has 3 aliphatic carbocycles. The number of carbonyl (C=O) groups excluding carboxylic acids is 1. The van der Waals surface area contributed by atoms with Crippen molar-refractivity contribution in [1.82, 2.24) is 4.90 Å². The molecule has 1 aliphatic heterocycles. The minimum atomic E-state index is -0.677.